The van der Waals surface area contributed by atoms with Gasteiger partial charge in [0.1, 0.15) is 11.6 Å². The van der Waals surface area contributed by atoms with Crippen molar-refractivity contribution >= 4 is 29.0 Å². The summed E-state index contributed by atoms with van der Waals surface area (Å²) in [5.41, 5.74) is 1.23. The van der Waals surface area contributed by atoms with E-state index in [0.717, 1.165) is 12.1 Å². The molecule has 28 heavy (non-hydrogen) atoms. The first-order valence-corrected chi connectivity index (χ1v) is 8.24. The van der Waals surface area contributed by atoms with E-state index in [1.807, 2.05) is 6.07 Å². The Morgan fingerprint density at radius 2 is 1.96 bits per heavy atom. The molecule has 0 saturated carbocycles. The maximum Gasteiger partial charge on any atom is 0.270 e. The van der Waals surface area contributed by atoms with Gasteiger partial charge >= 0.3 is 0 Å². The first kappa shape index (κ1) is 18.9. The molecule has 11 heteroatoms. The van der Waals surface area contributed by atoms with Crippen LogP contribution in [0.25, 0.3) is 5.95 Å². The van der Waals surface area contributed by atoms with Gasteiger partial charge in [0, 0.05) is 23.5 Å². The number of carbonyl (C=O) groups excluding carboxylic acids is 1. The average molecular weight is 398 g/mol. The highest BCUT2D eigenvalue weighted by atomic mass is 35.5. The van der Waals surface area contributed by atoms with Gasteiger partial charge in [-0.3, -0.25) is 14.9 Å². The number of halogens is 1. The van der Waals surface area contributed by atoms with Gasteiger partial charge in [-0.15, -0.1) is 0 Å². The molecule has 3 rings (SSSR count). The van der Waals surface area contributed by atoms with Crippen LogP contribution in [-0.2, 0) is 0 Å². The SMILES string of the molecule is Cc1cc(C)nc(-n2ncc(C#N)c2NC(=O)c2ccc([N+](=O)[O-])cc2Cl)n1. The van der Waals surface area contributed by atoms with Gasteiger partial charge in [0.05, 0.1) is 21.7 Å². The highest BCUT2D eigenvalue weighted by Crippen LogP contribution is 2.25. The number of aromatic nitrogens is 4. The number of nitrogens with one attached hydrogen (secondary N) is 1. The largest absolute Gasteiger partial charge is 0.305 e. The number of rotatable bonds is 4. The van der Waals surface area contributed by atoms with Gasteiger partial charge in [0.2, 0.25) is 0 Å². The summed E-state index contributed by atoms with van der Waals surface area (Å²) in [5.74, 6) is -0.418. The predicted molar refractivity (Wildman–Crippen MR) is 99.4 cm³/mol. The van der Waals surface area contributed by atoms with E-state index >= 15 is 0 Å². The Hall–Kier alpha value is -3.84. The average Bonchev–Trinajstić information content (AvgIpc) is 3.03. The molecule has 1 N–H and O–H groups in total. The van der Waals surface area contributed by atoms with Gasteiger partial charge in [-0.05, 0) is 26.0 Å². The number of carbonyl (C=O) groups is 1. The lowest BCUT2D eigenvalue weighted by molar-refractivity contribution is -0.384. The van der Waals surface area contributed by atoms with Crippen molar-refractivity contribution in [3.05, 3.63) is 68.1 Å². The minimum absolute atomic E-state index is 0.00486. The lowest BCUT2D eigenvalue weighted by atomic mass is 10.2. The molecule has 10 nitrogen and oxygen atoms in total. The third-order valence-electron chi connectivity index (χ3n) is 3.69. The van der Waals surface area contributed by atoms with Gasteiger partial charge < -0.3 is 5.32 Å². The molecule has 140 valence electrons. The van der Waals surface area contributed by atoms with Gasteiger partial charge in [-0.25, -0.2) is 9.97 Å². The fourth-order valence-corrected chi connectivity index (χ4v) is 2.74. The Balaban J connectivity index is 2.01. The van der Waals surface area contributed by atoms with E-state index in [4.69, 9.17) is 11.6 Å². The van der Waals surface area contributed by atoms with Crippen molar-refractivity contribution in [2.24, 2.45) is 0 Å². The molecule has 2 aromatic heterocycles. The predicted octanol–water partition coefficient (Wildman–Crippen LogP) is 2.96. The summed E-state index contributed by atoms with van der Waals surface area (Å²) in [5, 5.41) is 26.7. The van der Waals surface area contributed by atoms with Crippen LogP contribution in [0.5, 0.6) is 0 Å². The lowest BCUT2D eigenvalue weighted by Crippen LogP contribution is -2.17. The topological polar surface area (TPSA) is 140 Å². The third kappa shape index (κ3) is 3.65. The zero-order chi connectivity index (χ0) is 20.4. The van der Waals surface area contributed by atoms with E-state index < -0.39 is 10.8 Å². The van der Waals surface area contributed by atoms with E-state index in [0.29, 0.717) is 11.4 Å². The monoisotopic (exact) mass is 397 g/mol. The van der Waals surface area contributed by atoms with Crippen molar-refractivity contribution in [2.45, 2.75) is 13.8 Å². The van der Waals surface area contributed by atoms with Crippen LogP contribution in [0.4, 0.5) is 11.5 Å². The van der Waals surface area contributed by atoms with Gasteiger partial charge in [0.15, 0.2) is 5.82 Å². The number of nitriles is 1. The van der Waals surface area contributed by atoms with Crippen LogP contribution in [0.3, 0.4) is 0 Å². The number of nitro groups is 1. The van der Waals surface area contributed by atoms with Crippen LogP contribution in [-0.4, -0.2) is 30.6 Å². The number of non-ortho nitro benzene ring substituents is 1. The summed E-state index contributed by atoms with van der Waals surface area (Å²) in [6.07, 6.45) is 1.27. The van der Waals surface area contributed by atoms with Crippen molar-refractivity contribution < 1.29 is 9.72 Å². The number of nitro benzene ring substituents is 1. The minimum Gasteiger partial charge on any atom is -0.305 e. The molecule has 0 unspecified atom stereocenters. The second kappa shape index (κ2) is 7.42. The molecule has 3 aromatic rings. The van der Waals surface area contributed by atoms with E-state index in [1.165, 1.54) is 16.9 Å². The number of anilines is 1. The molecule has 2 heterocycles. The summed E-state index contributed by atoms with van der Waals surface area (Å²) in [7, 11) is 0. The Morgan fingerprint density at radius 1 is 1.29 bits per heavy atom. The summed E-state index contributed by atoms with van der Waals surface area (Å²) < 4.78 is 1.23. The number of aryl methyl sites for hydroxylation is 2. The molecule has 0 saturated heterocycles. The Labute approximate surface area is 163 Å². The van der Waals surface area contributed by atoms with Gasteiger partial charge in [-0.2, -0.15) is 15.0 Å². The Bertz CT molecular complexity index is 1130. The second-order valence-corrected chi connectivity index (χ2v) is 6.16. The highest BCUT2D eigenvalue weighted by Gasteiger charge is 2.20. The van der Waals surface area contributed by atoms with Crippen LogP contribution >= 0.6 is 11.6 Å². The first-order chi connectivity index (χ1) is 13.3. The van der Waals surface area contributed by atoms with Crippen molar-refractivity contribution in [1.82, 2.24) is 19.7 Å². The molecule has 0 aliphatic carbocycles. The molecule has 1 aromatic carbocycles. The van der Waals surface area contributed by atoms with Crippen LogP contribution < -0.4 is 5.32 Å². The van der Waals surface area contributed by atoms with Crippen molar-refractivity contribution in [3.8, 4) is 12.0 Å². The Morgan fingerprint density at radius 3 is 2.54 bits per heavy atom. The van der Waals surface area contributed by atoms with E-state index in [9.17, 15) is 20.2 Å². The second-order valence-electron chi connectivity index (χ2n) is 5.76. The van der Waals surface area contributed by atoms with Crippen LogP contribution in [0.1, 0.15) is 27.3 Å². The van der Waals surface area contributed by atoms with E-state index in [-0.39, 0.29) is 33.6 Å². The fourth-order valence-electron chi connectivity index (χ4n) is 2.48. The normalized spacial score (nSPS) is 10.4. The van der Waals surface area contributed by atoms with Crippen LogP contribution in [0.2, 0.25) is 5.02 Å². The van der Waals surface area contributed by atoms with Gasteiger partial charge in [0.25, 0.3) is 17.5 Å². The number of nitrogens with zero attached hydrogens (tertiary/aromatic N) is 6. The number of amides is 1. The molecule has 0 radical (unpaired) electrons. The highest BCUT2D eigenvalue weighted by molar-refractivity contribution is 6.34. The fraction of sp³-hybridized carbons (Fsp3) is 0.118. The standard InChI is InChI=1S/C17H12ClN7O3/c1-9-5-10(2)22-17(21-9)24-15(11(7-19)8-20-24)23-16(26)13-4-3-12(25(27)28)6-14(13)18/h3-6,8H,1-2H3,(H,23,26). The molecule has 0 bridgehead atoms. The third-order valence-corrected chi connectivity index (χ3v) is 4.00. The van der Waals surface area contributed by atoms with Crippen molar-refractivity contribution in [3.63, 3.8) is 0 Å². The van der Waals surface area contributed by atoms with Crippen LogP contribution in [0.15, 0.2) is 30.5 Å². The zero-order valence-electron chi connectivity index (χ0n) is 14.7. The molecule has 0 atom stereocenters. The number of hydrogen-bond donors (Lipinski definition) is 1. The lowest BCUT2D eigenvalue weighted by Gasteiger charge is -2.10. The number of hydrogen-bond acceptors (Lipinski definition) is 7. The van der Waals surface area contributed by atoms with Crippen molar-refractivity contribution in [1.29, 1.82) is 5.26 Å². The summed E-state index contributed by atoms with van der Waals surface area (Å²) in [4.78, 5) is 31.4. The van der Waals surface area contributed by atoms with Crippen LogP contribution in [0, 0.1) is 35.3 Å². The summed E-state index contributed by atoms with van der Waals surface area (Å²) in [6, 6.07) is 7.18. The molecular weight excluding hydrogens is 386 g/mol. The zero-order valence-corrected chi connectivity index (χ0v) is 15.4. The Kier molecular flexibility index (Phi) is 5.02. The first-order valence-electron chi connectivity index (χ1n) is 7.86. The van der Waals surface area contributed by atoms with E-state index in [1.54, 1.807) is 19.9 Å². The summed E-state index contributed by atoms with van der Waals surface area (Å²) >= 11 is 6.00. The minimum atomic E-state index is -0.664. The van der Waals surface area contributed by atoms with E-state index in [2.05, 4.69) is 20.4 Å². The molecule has 0 aliphatic heterocycles. The molecule has 1 amide bonds. The van der Waals surface area contributed by atoms with Gasteiger partial charge in [-0.1, -0.05) is 11.6 Å². The molecular formula is C17H12ClN7O3. The van der Waals surface area contributed by atoms with Crippen molar-refractivity contribution in [2.75, 3.05) is 5.32 Å². The summed E-state index contributed by atoms with van der Waals surface area (Å²) in [6.45, 7) is 3.56. The quantitative estimate of drug-likeness (QED) is 0.527. The smallest absolute Gasteiger partial charge is 0.270 e. The molecule has 0 aliphatic rings. The molecule has 0 spiro atoms. The maximum absolute atomic E-state index is 12.6. The molecule has 0 fully saturated rings. The maximum atomic E-state index is 12.6. The number of benzene rings is 1.